The number of aromatic amines is 1. The van der Waals surface area contributed by atoms with Gasteiger partial charge in [-0.15, -0.1) is 0 Å². The Balaban J connectivity index is 1.70. The molecule has 0 aliphatic rings. The van der Waals surface area contributed by atoms with Gasteiger partial charge in [0.1, 0.15) is 11.5 Å². The predicted octanol–water partition coefficient (Wildman–Crippen LogP) is 3.09. The third-order valence-corrected chi connectivity index (χ3v) is 4.74. The molecule has 0 aliphatic heterocycles. The number of urea groups is 1. The van der Waals surface area contributed by atoms with Crippen LogP contribution >= 0.6 is 0 Å². The van der Waals surface area contributed by atoms with Gasteiger partial charge >= 0.3 is 6.03 Å². The van der Waals surface area contributed by atoms with E-state index in [4.69, 9.17) is 0 Å². The second-order valence-corrected chi connectivity index (χ2v) is 6.76. The first-order chi connectivity index (χ1) is 15.2. The maximum absolute atomic E-state index is 12.3. The summed E-state index contributed by atoms with van der Waals surface area (Å²) in [7, 11) is 0. The maximum atomic E-state index is 12.3. The summed E-state index contributed by atoms with van der Waals surface area (Å²) in [4.78, 5) is 39.3. The monoisotopic (exact) mass is 415 g/mol. The molecule has 3 heterocycles. The molecule has 4 aromatic rings. The summed E-state index contributed by atoms with van der Waals surface area (Å²) in [6.07, 6.45) is 8.10. The van der Waals surface area contributed by atoms with Crippen molar-refractivity contribution < 1.29 is 9.59 Å². The van der Waals surface area contributed by atoms with Crippen molar-refractivity contribution in [2.45, 2.75) is 13.5 Å². The van der Waals surface area contributed by atoms with E-state index in [0.717, 1.165) is 27.5 Å². The third kappa shape index (κ3) is 4.50. The number of hydrogen-bond donors (Lipinski definition) is 4. The summed E-state index contributed by atoms with van der Waals surface area (Å²) in [6.45, 7) is 2.68. The largest absolute Gasteiger partial charge is 0.347 e. The fraction of sp³-hybridized carbons (Fsp3) is 0.136. The molecule has 0 radical (unpaired) electrons. The zero-order valence-corrected chi connectivity index (χ0v) is 16.8. The summed E-state index contributed by atoms with van der Waals surface area (Å²) >= 11 is 0. The molecule has 0 unspecified atom stereocenters. The van der Waals surface area contributed by atoms with Crippen LogP contribution in [-0.2, 0) is 6.54 Å². The number of carbonyl (C=O) groups excluding carboxylic acids is 2. The molecule has 0 fully saturated rings. The van der Waals surface area contributed by atoms with Gasteiger partial charge in [0.25, 0.3) is 5.91 Å². The zero-order chi connectivity index (χ0) is 21.6. The molecule has 0 saturated heterocycles. The molecule has 31 heavy (non-hydrogen) atoms. The van der Waals surface area contributed by atoms with E-state index in [1.54, 1.807) is 18.6 Å². The van der Waals surface area contributed by atoms with Gasteiger partial charge in [0.05, 0.1) is 12.5 Å². The molecule has 4 N–H and O–H groups in total. The van der Waals surface area contributed by atoms with Crippen LogP contribution in [0.5, 0.6) is 0 Å². The molecule has 0 saturated carbocycles. The second kappa shape index (κ2) is 9.04. The second-order valence-electron chi connectivity index (χ2n) is 6.76. The van der Waals surface area contributed by atoms with Crippen LogP contribution in [0.2, 0.25) is 0 Å². The number of nitrogens with one attached hydrogen (secondary N) is 4. The first-order valence-electron chi connectivity index (χ1n) is 9.79. The number of hydrogen-bond acceptors (Lipinski definition) is 5. The average Bonchev–Trinajstić information content (AvgIpc) is 3.33. The third-order valence-electron chi connectivity index (χ3n) is 4.74. The standard InChI is InChI=1S/C22H21N7O2/c1-2-25-22(31)29-20-9-17-16(14-5-7-23-8-6-14)4-3-15(18(17)11-26-20)10-27-21(30)19-12-24-13-28-19/h3-9,11-13H,2,10H2,1H3,(H,24,28)(H,27,30)(H2,25,26,29,31). The van der Waals surface area contributed by atoms with Gasteiger partial charge in [-0.3, -0.25) is 15.1 Å². The molecule has 0 bridgehead atoms. The van der Waals surface area contributed by atoms with Crippen LogP contribution < -0.4 is 16.0 Å². The van der Waals surface area contributed by atoms with Crippen LogP contribution in [0.25, 0.3) is 21.9 Å². The Morgan fingerprint density at radius 2 is 1.84 bits per heavy atom. The lowest BCUT2D eigenvalue weighted by Gasteiger charge is -2.14. The van der Waals surface area contributed by atoms with E-state index in [-0.39, 0.29) is 11.9 Å². The highest BCUT2D eigenvalue weighted by molar-refractivity contribution is 6.01. The van der Waals surface area contributed by atoms with E-state index in [1.165, 1.54) is 12.5 Å². The van der Waals surface area contributed by atoms with Crippen LogP contribution in [0.1, 0.15) is 23.0 Å². The Morgan fingerprint density at radius 3 is 2.58 bits per heavy atom. The number of fused-ring (bicyclic) bond motifs is 1. The molecule has 0 atom stereocenters. The molecule has 4 rings (SSSR count). The summed E-state index contributed by atoms with van der Waals surface area (Å²) in [6, 6.07) is 9.32. The van der Waals surface area contributed by atoms with Crippen molar-refractivity contribution in [1.29, 1.82) is 0 Å². The molecular formula is C22H21N7O2. The fourth-order valence-electron chi connectivity index (χ4n) is 3.28. The number of nitrogens with zero attached hydrogens (tertiary/aromatic N) is 3. The summed E-state index contributed by atoms with van der Waals surface area (Å²) in [5, 5.41) is 10.1. The van der Waals surface area contributed by atoms with Crippen molar-refractivity contribution in [1.82, 2.24) is 30.6 Å². The molecule has 1 aromatic carbocycles. The van der Waals surface area contributed by atoms with Crippen molar-refractivity contribution in [2.24, 2.45) is 0 Å². The topological polar surface area (TPSA) is 125 Å². The van der Waals surface area contributed by atoms with Gasteiger partial charge in [-0.25, -0.2) is 14.8 Å². The quantitative estimate of drug-likeness (QED) is 0.385. The van der Waals surface area contributed by atoms with Gasteiger partial charge in [0.15, 0.2) is 0 Å². The number of H-pyrrole nitrogens is 1. The number of amides is 3. The Morgan fingerprint density at radius 1 is 1.00 bits per heavy atom. The molecule has 0 spiro atoms. The highest BCUT2D eigenvalue weighted by Crippen LogP contribution is 2.31. The van der Waals surface area contributed by atoms with Crippen molar-refractivity contribution in [3.8, 4) is 11.1 Å². The lowest BCUT2D eigenvalue weighted by molar-refractivity contribution is 0.0946. The van der Waals surface area contributed by atoms with E-state index in [2.05, 4.69) is 35.9 Å². The minimum atomic E-state index is -0.317. The van der Waals surface area contributed by atoms with E-state index in [0.29, 0.717) is 24.6 Å². The normalized spacial score (nSPS) is 10.6. The Hall–Kier alpha value is -4.27. The highest BCUT2D eigenvalue weighted by Gasteiger charge is 2.13. The highest BCUT2D eigenvalue weighted by atomic mass is 16.2. The maximum Gasteiger partial charge on any atom is 0.320 e. The lowest BCUT2D eigenvalue weighted by atomic mass is 9.96. The van der Waals surface area contributed by atoms with Gasteiger partial charge < -0.3 is 15.6 Å². The smallest absolute Gasteiger partial charge is 0.320 e. The predicted molar refractivity (Wildman–Crippen MR) is 117 cm³/mol. The van der Waals surface area contributed by atoms with Gasteiger partial charge in [0, 0.05) is 37.1 Å². The van der Waals surface area contributed by atoms with Crippen molar-refractivity contribution in [3.05, 3.63) is 72.7 Å². The number of benzene rings is 1. The van der Waals surface area contributed by atoms with Crippen LogP contribution in [0.3, 0.4) is 0 Å². The molecule has 9 nitrogen and oxygen atoms in total. The summed E-state index contributed by atoms with van der Waals surface area (Å²) in [5.41, 5.74) is 3.26. The van der Waals surface area contributed by atoms with E-state index in [1.807, 2.05) is 37.3 Å². The van der Waals surface area contributed by atoms with Crippen molar-refractivity contribution in [3.63, 3.8) is 0 Å². The van der Waals surface area contributed by atoms with Gasteiger partial charge in [-0.2, -0.15) is 0 Å². The molecule has 3 amide bonds. The molecule has 9 heteroatoms. The van der Waals surface area contributed by atoms with Crippen LogP contribution in [0.4, 0.5) is 10.6 Å². The molecule has 3 aromatic heterocycles. The summed E-state index contributed by atoms with van der Waals surface area (Å²) < 4.78 is 0. The number of rotatable bonds is 6. The van der Waals surface area contributed by atoms with Crippen LogP contribution in [0, 0.1) is 0 Å². The van der Waals surface area contributed by atoms with Crippen LogP contribution in [0.15, 0.2) is 61.4 Å². The Kier molecular flexibility index (Phi) is 5.84. The van der Waals surface area contributed by atoms with Crippen molar-refractivity contribution >= 4 is 28.5 Å². The van der Waals surface area contributed by atoms with Gasteiger partial charge in [-0.1, -0.05) is 12.1 Å². The molecule has 0 aliphatic carbocycles. The Labute approximate surface area is 178 Å². The number of anilines is 1. The SMILES string of the molecule is CCNC(=O)Nc1cc2c(-c3ccncc3)ccc(CNC(=O)c3cnc[nH]3)c2cn1. The first-order valence-corrected chi connectivity index (χ1v) is 9.79. The lowest BCUT2D eigenvalue weighted by Crippen LogP contribution is -2.28. The summed E-state index contributed by atoms with van der Waals surface area (Å²) in [5.74, 6) is 0.193. The van der Waals surface area contributed by atoms with E-state index in [9.17, 15) is 9.59 Å². The zero-order valence-electron chi connectivity index (χ0n) is 16.8. The number of pyridine rings is 2. The van der Waals surface area contributed by atoms with Gasteiger partial charge in [-0.05, 0) is 47.2 Å². The van der Waals surface area contributed by atoms with Crippen LogP contribution in [-0.4, -0.2) is 38.4 Å². The van der Waals surface area contributed by atoms with E-state index < -0.39 is 0 Å². The minimum absolute atomic E-state index is 0.244. The number of imidazole rings is 1. The molecular weight excluding hydrogens is 394 g/mol. The number of aromatic nitrogens is 4. The van der Waals surface area contributed by atoms with Gasteiger partial charge in [0.2, 0.25) is 0 Å². The first kappa shape index (κ1) is 20.0. The average molecular weight is 415 g/mol. The van der Waals surface area contributed by atoms with Crippen molar-refractivity contribution in [2.75, 3.05) is 11.9 Å². The minimum Gasteiger partial charge on any atom is -0.347 e. The molecule has 156 valence electrons. The van der Waals surface area contributed by atoms with E-state index >= 15 is 0 Å². The fourth-order valence-corrected chi connectivity index (χ4v) is 3.28. The Bertz CT molecular complexity index is 1210. The number of carbonyl (C=O) groups is 2.